The van der Waals surface area contributed by atoms with Gasteiger partial charge in [0.05, 0.1) is 0 Å². The number of anilines is 4. The molecule has 1 atom stereocenters. The van der Waals surface area contributed by atoms with Gasteiger partial charge in [-0.1, -0.05) is 12.8 Å². The number of likely N-dealkylation sites (N-methyl/N-ethyl adjacent to an activating group) is 1. The summed E-state index contributed by atoms with van der Waals surface area (Å²) in [6.07, 6.45) is 8.19. The molecule has 2 aromatic rings. The van der Waals surface area contributed by atoms with E-state index in [2.05, 4.69) is 57.6 Å². The molecule has 2 aliphatic heterocycles. The molecular formula is C27H37N7O2. The highest BCUT2D eigenvalue weighted by atomic mass is 16.2. The van der Waals surface area contributed by atoms with Gasteiger partial charge in [0.25, 0.3) is 0 Å². The molecule has 36 heavy (non-hydrogen) atoms. The predicted molar refractivity (Wildman–Crippen MR) is 142 cm³/mol. The normalized spacial score (nSPS) is 21.0. The molecule has 0 bridgehead atoms. The van der Waals surface area contributed by atoms with Crippen LogP contribution in [-0.2, 0) is 16.0 Å². The molecule has 3 aliphatic rings. The molecule has 1 aromatic carbocycles. The quantitative estimate of drug-likeness (QED) is 0.549. The molecule has 1 aromatic heterocycles. The zero-order valence-electron chi connectivity index (χ0n) is 21.4. The lowest BCUT2D eigenvalue weighted by molar-refractivity contribution is -0.122. The fourth-order valence-electron chi connectivity index (χ4n) is 5.69. The standard InChI is InChI=1S/C27H37N7O2/c1-19-15-22(7-8-24(19)33-13-11-32(2)12-14-33)30-27-29-17-21(16-20-9-10-28-26(20)36)25(31-27)34(18-35)23-5-3-4-6-23/h7-8,15,17-18,20,23H,3-6,9-14,16H2,1-2H3,(H,28,36)(H,29,30,31)/t20-/m0/s1. The zero-order chi connectivity index (χ0) is 25.1. The van der Waals surface area contributed by atoms with E-state index < -0.39 is 0 Å². The van der Waals surface area contributed by atoms with E-state index >= 15 is 0 Å². The van der Waals surface area contributed by atoms with Crippen LogP contribution in [0.25, 0.3) is 0 Å². The highest BCUT2D eigenvalue weighted by Gasteiger charge is 2.30. The number of nitrogens with one attached hydrogen (secondary N) is 2. The molecule has 9 nitrogen and oxygen atoms in total. The molecule has 2 amide bonds. The number of amides is 2. The molecule has 0 spiro atoms. The van der Waals surface area contributed by atoms with Gasteiger partial charge < -0.3 is 20.4 Å². The van der Waals surface area contributed by atoms with Crippen LogP contribution in [0.5, 0.6) is 0 Å². The number of benzene rings is 1. The van der Waals surface area contributed by atoms with Crippen LogP contribution in [0.3, 0.4) is 0 Å². The van der Waals surface area contributed by atoms with Crippen LogP contribution >= 0.6 is 0 Å². The summed E-state index contributed by atoms with van der Waals surface area (Å²) < 4.78 is 0. The Balaban J connectivity index is 1.38. The lowest BCUT2D eigenvalue weighted by Crippen LogP contribution is -2.44. The van der Waals surface area contributed by atoms with Crippen molar-refractivity contribution in [2.75, 3.05) is 54.9 Å². The molecule has 9 heteroatoms. The van der Waals surface area contributed by atoms with Crippen molar-refractivity contribution < 1.29 is 9.59 Å². The van der Waals surface area contributed by atoms with Crippen molar-refractivity contribution >= 4 is 35.5 Å². The van der Waals surface area contributed by atoms with Gasteiger partial charge in [-0.05, 0) is 63.4 Å². The van der Waals surface area contributed by atoms with Crippen molar-refractivity contribution in [3.8, 4) is 0 Å². The first-order valence-electron chi connectivity index (χ1n) is 13.2. The second kappa shape index (κ2) is 10.8. The molecule has 5 rings (SSSR count). The number of hydrogen-bond acceptors (Lipinski definition) is 7. The lowest BCUT2D eigenvalue weighted by Gasteiger charge is -2.35. The summed E-state index contributed by atoms with van der Waals surface area (Å²) >= 11 is 0. The summed E-state index contributed by atoms with van der Waals surface area (Å²) in [6.45, 7) is 7.02. The Labute approximate surface area is 213 Å². The maximum Gasteiger partial charge on any atom is 0.229 e. The third-order valence-electron chi connectivity index (χ3n) is 7.84. The molecule has 0 unspecified atom stereocenters. The first kappa shape index (κ1) is 24.5. The Morgan fingerprint density at radius 2 is 1.94 bits per heavy atom. The number of aryl methyl sites for hydroxylation is 1. The largest absolute Gasteiger partial charge is 0.369 e. The van der Waals surface area contributed by atoms with Crippen LogP contribution in [0.1, 0.15) is 43.2 Å². The van der Waals surface area contributed by atoms with Gasteiger partial charge in [-0.15, -0.1) is 0 Å². The van der Waals surface area contributed by atoms with Gasteiger partial charge in [-0.2, -0.15) is 4.98 Å². The fraction of sp³-hybridized carbons (Fsp3) is 0.556. The van der Waals surface area contributed by atoms with Crippen molar-refractivity contribution in [1.82, 2.24) is 20.2 Å². The highest BCUT2D eigenvalue weighted by Crippen LogP contribution is 2.32. The minimum atomic E-state index is -0.104. The number of carbonyl (C=O) groups is 2. The Morgan fingerprint density at radius 3 is 2.61 bits per heavy atom. The maximum atomic E-state index is 12.2. The molecule has 1 aliphatic carbocycles. The van der Waals surface area contributed by atoms with E-state index in [1.807, 2.05) is 0 Å². The van der Waals surface area contributed by atoms with Crippen molar-refractivity contribution in [2.24, 2.45) is 5.92 Å². The maximum absolute atomic E-state index is 12.2. The smallest absolute Gasteiger partial charge is 0.229 e. The molecule has 1 saturated carbocycles. The molecule has 2 N–H and O–H groups in total. The third-order valence-corrected chi connectivity index (χ3v) is 7.84. The number of piperazine rings is 1. The van der Waals surface area contributed by atoms with E-state index in [4.69, 9.17) is 4.98 Å². The molecular weight excluding hydrogens is 454 g/mol. The number of rotatable bonds is 8. The summed E-state index contributed by atoms with van der Waals surface area (Å²) in [5, 5.41) is 6.26. The fourth-order valence-corrected chi connectivity index (χ4v) is 5.69. The van der Waals surface area contributed by atoms with Crippen molar-refractivity contribution in [2.45, 2.75) is 51.5 Å². The average Bonchev–Trinajstić information content (AvgIpc) is 3.54. The van der Waals surface area contributed by atoms with Gasteiger partial charge in [0.1, 0.15) is 5.82 Å². The van der Waals surface area contributed by atoms with Crippen LogP contribution in [0.15, 0.2) is 24.4 Å². The monoisotopic (exact) mass is 491 g/mol. The van der Waals surface area contributed by atoms with Crippen LogP contribution in [0.2, 0.25) is 0 Å². The number of carbonyl (C=O) groups excluding carboxylic acids is 2. The Hall–Kier alpha value is -3.20. The number of nitrogens with zero attached hydrogens (tertiary/aromatic N) is 5. The van der Waals surface area contributed by atoms with Gasteiger partial charge in [0, 0.05) is 67.8 Å². The van der Waals surface area contributed by atoms with E-state index in [0.29, 0.717) is 24.7 Å². The van der Waals surface area contributed by atoms with E-state index in [0.717, 1.165) is 75.9 Å². The van der Waals surface area contributed by atoms with Crippen molar-refractivity contribution in [3.63, 3.8) is 0 Å². The van der Waals surface area contributed by atoms with Crippen LogP contribution in [0.4, 0.5) is 23.1 Å². The first-order valence-corrected chi connectivity index (χ1v) is 13.2. The molecule has 3 heterocycles. The summed E-state index contributed by atoms with van der Waals surface area (Å²) in [5.41, 5.74) is 4.23. The van der Waals surface area contributed by atoms with Crippen molar-refractivity contribution in [3.05, 3.63) is 35.5 Å². The minimum Gasteiger partial charge on any atom is -0.369 e. The highest BCUT2D eigenvalue weighted by molar-refractivity contribution is 5.82. The summed E-state index contributed by atoms with van der Waals surface area (Å²) in [5.74, 6) is 1.05. The van der Waals surface area contributed by atoms with E-state index in [9.17, 15) is 9.59 Å². The number of hydrogen-bond donors (Lipinski definition) is 2. The van der Waals surface area contributed by atoms with Crippen molar-refractivity contribution in [1.29, 1.82) is 0 Å². The van der Waals surface area contributed by atoms with E-state index in [1.165, 1.54) is 11.3 Å². The molecule has 2 saturated heterocycles. The summed E-state index contributed by atoms with van der Waals surface area (Å²) in [7, 11) is 2.16. The van der Waals surface area contributed by atoms with E-state index in [1.54, 1.807) is 11.1 Å². The lowest BCUT2D eigenvalue weighted by atomic mass is 9.99. The molecule has 0 radical (unpaired) electrons. The Kier molecular flexibility index (Phi) is 7.36. The van der Waals surface area contributed by atoms with Crippen LogP contribution in [-0.4, -0.2) is 73.0 Å². The Bertz CT molecular complexity index is 1090. The van der Waals surface area contributed by atoms with Gasteiger partial charge in [-0.3, -0.25) is 14.5 Å². The minimum absolute atomic E-state index is 0.0672. The topological polar surface area (TPSA) is 93.7 Å². The molecule has 192 valence electrons. The van der Waals surface area contributed by atoms with Gasteiger partial charge in [0.15, 0.2) is 0 Å². The summed E-state index contributed by atoms with van der Waals surface area (Å²) in [4.78, 5) is 40.4. The second-order valence-corrected chi connectivity index (χ2v) is 10.4. The van der Waals surface area contributed by atoms with Crippen LogP contribution in [0, 0.1) is 12.8 Å². The van der Waals surface area contributed by atoms with Gasteiger partial charge >= 0.3 is 0 Å². The zero-order valence-corrected chi connectivity index (χ0v) is 21.4. The first-order chi connectivity index (χ1) is 17.5. The summed E-state index contributed by atoms with van der Waals surface area (Å²) in [6, 6.07) is 6.50. The van der Waals surface area contributed by atoms with Gasteiger partial charge in [-0.25, -0.2) is 4.98 Å². The second-order valence-electron chi connectivity index (χ2n) is 10.4. The molecule has 3 fully saturated rings. The third kappa shape index (κ3) is 5.31. The SMILES string of the molecule is Cc1cc(Nc2ncc(C[C@@H]3CCNC3=O)c(N(C=O)C3CCCC3)n2)ccc1N1CCN(C)CC1. The van der Waals surface area contributed by atoms with Gasteiger partial charge in [0.2, 0.25) is 18.3 Å². The van der Waals surface area contributed by atoms with E-state index in [-0.39, 0.29) is 17.9 Å². The Morgan fingerprint density at radius 1 is 1.17 bits per heavy atom. The number of aromatic nitrogens is 2. The predicted octanol–water partition coefficient (Wildman–Crippen LogP) is 2.86. The van der Waals surface area contributed by atoms with Crippen LogP contribution < -0.4 is 20.4 Å². The average molecular weight is 492 g/mol.